The first-order valence-corrected chi connectivity index (χ1v) is 6.30. The summed E-state index contributed by atoms with van der Waals surface area (Å²) in [5.41, 5.74) is -0.180. The Kier molecular flexibility index (Phi) is 3.79. The van der Waals surface area contributed by atoms with Gasteiger partial charge in [-0.25, -0.2) is 4.39 Å². The van der Waals surface area contributed by atoms with Gasteiger partial charge in [0.25, 0.3) is 0 Å². The van der Waals surface area contributed by atoms with E-state index in [2.05, 4.69) is 5.32 Å². The standard InChI is InChI=1S/C14H20FNO/c1-14(17,10-16-13-4-2-3-5-13)11-6-8-12(15)9-7-11/h6-9,13,16-17H,2-5,10H2,1H3. The average molecular weight is 237 g/mol. The van der Waals surface area contributed by atoms with Crippen LogP contribution in [-0.4, -0.2) is 17.7 Å². The SMILES string of the molecule is CC(O)(CNC1CCCC1)c1ccc(F)cc1. The van der Waals surface area contributed by atoms with Crippen molar-refractivity contribution >= 4 is 0 Å². The van der Waals surface area contributed by atoms with Gasteiger partial charge in [-0.05, 0) is 37.5 Å². The molecule has 2 rings (SSSR count). The zero-order valence-corrected chi connectivity index (χ0v) is 10.2. The van der Waals surface area contributed by atoms with Crippen molar-refractivity contribution in [3.63, 3.8) is 0 Å². The fourth-order valence-electron chi connectivity index (χ4n) is 2.38. The zero-order chi connectivity index (χ0) is 12.3. The van der Waals surface area contributed by atoms with E-state index in [-0.39, 0.29) is 5.82 Å². The molecule has 0 bridgehead atoms. The lowest BCUT2D eigenvalue weighted by Crippen LogP contribution is -2.39. The van der Waals surface area contributed by atoms with Crippen LogP contribution in [0.25, 0.3) is 0 Å². The highest BCUT2D eigenvalue weighted by Gasteiger charge is 2.25. The van der Waals surface area contributed by atoms with E-state index in [4.69, 9.17) is 0 Å². The van der Waals surface area contributed by atoms with Crippen LogP contribution in [0.5, 0.6) is 0 Å². The molecule has 0 saturated heterocycles. The van der Waals surface area contributed by atoms with Crippen molar-refractivity contribution in [2.45, 2.75) is 44.2 Å². The van der Waals surface area contributed by atoms with Crippen LogP contribution in [0.1, 0.15) is 38.2 Å². The number of halogens is 1. The molecule has 1 fully saturated rings. The molecule has 0 aliphatic heterocycles. The summed E-state index contributed by atoms with van der Waals surface area (Å²) in [4.78, 5) is 0. The van der Waals surface area contributed by atoms with Crippen LogP contribution in [0.3, 0.4) is 0 Å². The van der Waals surface area contributed by atoms with Gasteiger partial charge in [0.1, 0.15) is 5.82 Å². The van der Waals surface area contributed by atoms with Crippen LogP contribution in [0.2, 0.25) is 0 Å². The van der Waals surface area contributed by atoms with E-state index >= 15 is 0 Å². The van der Waals surface area contributed by atoms with Crippen LogP contribution < -0.4 is 5.32 Å². The van der Waals surface area contributed by atoms with E-state index < -0.39 is 5.60 Å². The molecule has 2 nitrogen and oxygen atoms in total. The zero-order valence-electron chi connectivity index (χ0n) is 10.2. The molecule has 17 heavy (non-hydrogen) atoms. The summed E-state index contributed by atoms with van der Waals surface area (Å²) >= 11 is 0. The second kappa shape index (κ2) is 5.15. The number of benzene rings is 1. The van der Waals surface area contributed by atoms with Crippen LogP contribution in [-0.2, 0) is 5.60 Å². The first-order valence-electron chi connectivity index (χ1n) is 6.30. The highest BCUT2D eigenvalue weighted by atomic mass is 19.1. The van der Waals surface area contributed by atoms with Crippen molar-refractivity contribution in [1.82, 2.24) is 5.32 Å². The first-order chi connectivity index (χ1) is 8.08. The summed E-state index contributed by atoms with van der Waals surface area (Å²) in [5.74, 6) is -0.270. The second-order valence-corrected chi connectivity index (χ2v) is 5.14. The number of aliphatic hydroxyl groups is 1. The lowest BCUT2D eigenvalue weighted by molar-refractivity contribution is 0.0539. The maximum atomic E-state index is 12.8. The Hall–Kier alpha value is -0.930. The van der Waals surface area contributed by atoms with Gasteiger partial charge in [-0.1, -0.05) is 25.0 Å². The van der Waals surface area contributed by atoms with E-state index in [1.165, 1.54) is 37.8 Å². The minimum Gasteiger partial charge on any atom is -0.384 e. The van der Waals surface area contributed by atoms with E-state index in [0.717, 1.165) is 5.56 Å². The number of hydrogen-bond acceptors (Lipinski definition) is 2. The lowest BCUT2D eigenvalue weighted by atomic mass is 9.95. The van der Waals surface area contributed by atoms with Gasteiger partial charge >= 0.3 is 0 Å². The first kappa shape index (κ1) is 12.5. The molecular weight excluding hydrogens is 217 g/mol. The van der Waals surface area contributed by atoms with Gasteiger partial charge in [0.05, 0.1) is 5.60 Å². The molecule has 1 atom stereocenters. The topological polar surface area (TPSA) is 32.3 Å². The van der Waals surface area contributed by atoms with Crippen molar-refractivity contribution in [2.24, 2.45) is 0 Å². The molecule has 0 radical (unpaired) electrons. The molecule has 1 aromatic carbocycles. The van der Waals surface area contributed by atoms with Crippen molar-refractivity contribution in [2.75, 3.05) is 6.54 Å². The third-order valence-electron chi connectivity index (χ3n) is 3.56. The van der Waals surface area contributed by atoms with Crippen molar-refractivity contribution in [3.05, 3.63) is 35.6 Å². The quantitative estimate of drug-likeness (QED) is 0.843. The predicted octanol–water partition coefficient (Wildman–Crippen LogP) is 2.57. The molecule has 1 aromatic rings. The molecule has 3 heteroatoms. The van der Waals surface area contributed by atoms with E-state index in [1.54, 1.807) is 19.1 Å². The Morgan fingerprint density at radius 2 is 1.88 bits per heavy atom. The predicted molar refractivity (Wildman–Crippen MR) is 66.2 cm³/mol. The van der Waals surface area contributed by atoms with Gasteiger partial charge in [0.15, 0.2) is 0 Å². The van der Waals surface area contributed by atoms with Gasteiger partial charge < -0.3 is 10.4 Å². The molecule has 94 valence electrons. The molecular formula is C14H20FNO. The van der Waals surface area contributed by atoms with E-state index in [0.29, 0.717) is 12.6 Å². The fraction of sp³-hybridized carbons (Fsp3) is 0.571. The third kappa shape index (κ3) is 3.27. The van der Waals surface area contributed by atoms with Crippen molar-refractivity contribution < 1.29 is 9.50 Å². The van der Waals surface area contributed by atoms with Crippen LogP contribution in [0.4, 0.5) is 4.39 Å². The smallest absolute Gasteiger partial charge is 0.123 e. The van der Waals surface area contributed by atoms with Crippen LogP contribution >= 0.6 is 0 Å². The minimum atomic E-state index is -0.934. The molecule has 1 aliphatic carbocycles. The molecule has 1 aliphatic rings. The third-order valence-corrected chi connectivity index (χ3v) is 3.56. The Morgan fingerprint density at radius 3 is 2.47 bits per heavy atom. The molecule has 0 aromatic heterocycles. The van der Waals surface area contributed by atoms with Crippen molar-refractivity contribution in [1.29, 1.82) is 0 Å². The minimum absolute atomic E-state index is 0.270. The molecule has 1 unspecified atom stereocenters. The van der Waals surface area contributed by atoms with Crippen LogP contribution in [0.15, 0.2) is 24.3 Å². The monoisotopic (exact) mass is 237 g/mol. The summed E-state index contributed by atoms with van der Waals surface area (Å²) in [5, 5.41) is 13.7. The summed E-state index contributed by atoms with van der Waals surface area (Å²) in [7, 11) is 0. The van der Waals surface area contributed by atoms with Gasteiger partial charge in [-0.15, -0.1) is 0 Å². The number of rotatable bonds is 4. The average Bonchev–Trinajstić information content (AvgIpc) is 2.80. The largest absolute Gasteiger partial charge is 0.384 e. The second-order valence-electron chi connectivity index (χ2n) is 5.14. The summed E-state index contributed by atoms with van der Waals surface area (Å²) in [6, 6.07) is 6.60. The Bertz CT molecular complexity index is 355. The highest BCUT2D eigenvalue weighted by molar-refractivity contribution is 5.22. The Labute approximate surface area is 102 Å². The Morgan fingerprint density at radius 1 is 1.29 bits per heavy atom. The lowest BCUT2D eigenvalue weighted by Gasteiger charge is -2.26. The normalized spacial score (nSPS) is 20.4. The van der Waals surface area contributed by atoms with Crippen LogP contribution in [0, 0.1) is 5.82 Å². The van der Waals surface area contributed by atoms with E-state index in [9.17, 15) is 9.50 Å². The van der Waals surface area contributed by atoms with Gasteiger partial charge in [-0.3, -0.25) is 0 Å². The summed E-state index contributed by atoms with van der Waals surface area (Å²) < 4.78 is 12.8. The van der Waals surface area contributed by atoms with Gasteiger partial charge in [0.2, 0.25) is 0 Å². The molecule has 1 saturated carbocycles. The number of hydrogen-bond donors (Lipinski definition) is 2. The summed E-state index contributed by atoms with van der Waals surface area (Å²) in [6.45, 7) is 2.28. The Balaban J connectivity index is 1.94. The van der Waals surface area contributed by atoms with E-state index in [1.807, 2.05) is 0 Å². The number of nitrogens with one attached hydrogen (secondary N) is 1. The molecule has 0 heterocycles. The van der Waals surface area contributed by atoms with Gasteiger partial charge in [-0.2, -0.15) is 0 Å². The van der Waals surface area contributed by atoms with Crippen molar-refractivity contribution in [3.8, 4) is 0 Å². The maximum absolute atomic E-state index is 12.8. The molecule has 2 N–H and O–H groups in total. The molecule has 0 amide bonds. The fourth-order valence-corrected chi connectivity index (χ4v) is 2.38. The maximum Gasteiger partial charge on any atom is 0.123 e. The summed E-state index contributed by atoms with van der Waals surface area (Å²) in [6.07, 6.45) is 4.94. The highest BCUT2D eigenvalue weighted by Crippen LogP contribution is 2.22. The molecule has 0 spiro atoms. The van der Waals surface area contributed by atoms with Gasteiger partial charge in [0, 0.05) is 12.6 Å².